The minimum absolute atomic E-state index is 0.0392. The van der Waals surface area contributed by atoms with E-state index in [1.165, 1.54) is 42.5 Å². The minimum atomic E-state index is -1.30. The van der Waals surface area contributed by atoms with Crippen molar-refractivity contribution in [1.82, 2.24) is 5.32 Å². The second-order valence-corrected chi connectivity index (χ2v) is 6.22. The van der Waals surface area contributed by atoms with Crippen molar-refractivity contribution in [1.29, 1.82) is 0 Å². The molecule has 1 amide bonds. The summed E-state index contributed by atoms with van der Waals surface area (Å²) in [6.45, 7) is 4.08. The van der Waals surface area contributed by atoms with Gasteiger partial charge in [-0.2, -0.15) is 0 Å². The molecule has 0 saturated carbocycles. The van der Waals surface area contributed by atoms with Crippen LogP contribution in [0.2, 0.25) is 0 Å². The number of rotatable bonds is 8. The lowest BCUT2D eigenvalue weighted by Gasteiger charge is -2.16. The number of aliphatic hydroxyl groups excluding tert-OH is 1. The van der Waals surface area contributed by atoms with E-state index in [1.54, 1.807) is 0 Å². The van der Waals surface area contributed by atoms with Crippen molar-refractivity contribution in [3.05, 3.63) is 101 Å². The Bertz CT molecular complexity index is 919. The van der Waals surface area contributed by atoms with Crippen molar-refractivity contribution in [2.45, 2.75) is 20.1 Å². The summed E-state index contributed by atoms with van der Waals surface area (Å²) in [6.07, 6.45) is 8.07. The molecule has 0 bridgehead atoms. The maximum atomic E-state index is 14.9. The molecule has 0 spiro atoms. The molecule has 2 aromatic carbocycles. The average Bonchev–Trinajstić information content (AvgIpc) is 2.71. The van der Waals surface area contributed by atoms with Gasteiger partial charge in [-0.3, -0.25) is 10.1 Å². The molecule has 0 saturated heterocycles. The van der Waals surface area contributed by atoms with E-state index in [0.717, 1.165) is 5.57 Å². The Morgan fingerprint density at radius 2 is 1.83 bits per heavy atom. The van der Waals surface area contributed by atoms with E-state index in [4.69, 9.17) is 0 Å². The largest absolute Gasteiger partial charge is 0.374 e. The quantitative estimate of drug-likeness (QED) is 0.439. The first-order chi connectivity index (χ1) is 14.0. The van der Waals surface area contributed by atoms with Gasteiger partial charge in [0, 0.05) is 17.8 Å². The summed E-state index contributed by atoms with van der Waals surface area (Å²) in [7, 11) is 0. The van der Waals surface area contributed by atoms with Crippen LogP contribution in [0.4, 0.5) is 14.5 Å². The van der Waals surface area contributed by atoms with E-state index in [-0.39, 0.29) is 11.1 Å². The zero-order valence-electron chi connectivity index (χ0n) is 16.3. The summed E-state index contributed by atoms with van der Waals surface area (Å²) in [5.41, 5.74) is 0.980. The van der Waals surface area contributed by atoms with Crippen LogP contribution in [-0.2, 0) is 0 Å². The Morgan fingerprint density at radius 3 is 2.48 bits per heavy atom. The van der Waals surface area contributed by atoms with Crippen LogP contribution >= 0.6 is 0 Å². The minimum Gasteiger partial charge on any atom is -0.374 e. The molecule has 0 radical (unpaired) electrons. The van der Waals surface area contributed by atoms with Gasteiger partial charge in [0.15, 0.2) is 0 Å². The van der Waals surface area contributed by atoms with E-state index >= 15 is 0 Å². The number of carbonyl (C=O) groups excluding carboxylic acids is 1. The molecule has 1 unspecified atom stereocenters. The van der Waals surface area contributed by atoms with E-state index in [2.05, 4.69) is 10.6 Å². The number of aliphatic hydroxyl groups is 1. The summed E-state index contributed by atoms with van der Waals surface area (Å²) in [4.78, 5) is 12.4. The van der Waals surface area contributed by atoms with Gasteiger partial charge in [0.2, 0.25) is 0 Å². The topological polar surface area (TPSA) is 61.4 Å². The van der Waals surface area contributed by atoms with Crippen LogP contribution < -0.4 is 10.6 Å². The highest BCUT2D eigenvalue weighted by Gasteiger charge is 2.19. The lowest BCUT2D eigenvalue weighted by Crippen LogP contribution is -2.25. The molecule has 0 aliphatic rings. The zero-order chi connectivity index (χ0) is 21.2. The molecule has 152 valence electrons. The molecule has 4 nitrogen and oxygen atoms in total. The first-order valence-electron chi connectivity index (χ1n) is 9.17. The van der Waals surface area contributed by atoms with Crippen molar-refractivity contribution in [3.63, 3.8) is 0 Å². The lowest BCUT2D eigenvalue weighted by atomic mass is 10.1. The van der Waals surface area contributed by atoms with Crippen LogP contribution in [0.3, 0.4) is 0 Å². The third-order valence-corrected chi connectivity index (χ3v) is 4.05. The fraction of sp³-hybridized carbons (Fsp3) is 0.174. The van der Waals surface area contributed by atoms with Crippen molar-refractivity contribution in [2.75, 3.05) is 11.9 Å². The van der Waals surface area contributed by atoms with Gasteiger partial charge in [0.25, 0.3) is 5.91 Å². The number of hydrogen-bond acceptors (Lipinski definition) is 3. The number of carbonyl (C=O) groups is 1. The summed E-state index contributed by atoms with van der Waals surface area (Å²) in [6, 6.07) is 9.37. The summed E-state index contributed by atoms with van der Waals surface area (Å²) in [5, 5.41) is 15.7. The van der Waals surface area contributed by atoms with E-state index in [9.17, 15) is 18.7 Å². The van der Waals surface area contributed by atoms with Gasteiger partial charge in [-0.25, -0.2) is 8.78 Å². The molecule has 2 rings (SSSR count). The Labute approximate surface area is 169 Å². The van der Waals surface area contributed by atoms with E-state index in [0.29, 0.717) is 12.2 Å². The number of benzene rings is 2. The molecule has 0 aliphatic heterocycles. The predicted octanol–water partition coefficient (Wildman–Crippen LogP) is 4.88. The maximum absolute atomic E-state index is 14.9. The molecule has 0 fully saturated rings. The Balaban J connectivity index is 2.14. The number of anilines is 1. The predicted molar refractivity (Wildman–Crippen MR) is 111 cm³/mol. The molecule has 0 heterocycles. The van der Waals surface area contributed by atoms with Crippen LogP contribution in [0.5, 0.6) is 0 Å². The van der Waals surface area contributed by atoms with E-state index < -0.39 is 23.8 Å². The second-order valence-electron chi connectivity index (χ2n) is 6.22. The number of hydrogen-bond donors (Lipinski definition) is 3. The van der Waals surface area contributed by atoms with E-state index in [1.807, 2.05) is 44.2 Å². The Kier molecular flexibility index (Phi) is 8.45. The van der Waals surface area contributed by atoms with Gasteiger partial charge < -0.3 is 10.4 Å². The van der Waals surface area contributed by atoms with Crippen molar-refractivity contribution in [2.24, 2.45) is 0 Å². The highest BCUT2D eigenvalue weighted by Crippen LogP contribution is 2.20. The molecule has 3 N–H and O–H groups in total. The Hall–Kier alpha value is -3.09. The fourth-order valence-corrected chi connectivity index (χ4v) is 2.60. The maximum Gasteiger partial charge on any atom is 0.258 e. The summed E-state index contributed by atoms with van der Waals surface area (Å²) in [5.74, 6) is -1.95. The summed E-state index contributed by atoms with van der Waals surface area (Å²) < 4.78 is 27.8. The highest BCUT2D eigenvalue weighted by atomic mass is 19.1. The molecule has 0 aromatic heterocycles. The van der Waals surface area contributed by atoms with Crippen molar-refractivity contribution in [3.8, 4) is 0 Å². The third-order valence-electron chi connectivity index (χ3n) is 4.05. The molecule has 1 atom stereocenters. The van der Waals surface area contributed by atoms with Gasteiger partial charge in [-0.05, 0) is 49.8 Å². The van der Waals surface area contributed by atoms with Gasteiger partial charge >= 0.3 is 0 Å². The summed E-state index contributed by atoms with van der Waals surface area (Å²) >= 11 is 0. The van der Waals surface area contributed by atoms with Gasteiger partial charge in [-0.15, -0.1) is 0 Å². The SMILES string of the molecule is C\C=C/C=C(\C=C/C)CNC(O)c1cccc(C(=O)Nc2ccc(F)cc2)c1F. The van der Waals surface area contributed by atoms with Crippen LogP contribution in [-0.4, -0.2) is 17.6 Å². The monoisotopic (exact) mass is 398 g/mol. The third kappa shape index (κ3) is 6.48. The zero-order valence-corrected chi connectivity index (χ0v) is 16.3. The highest BCUT2D eigenvalue weighted by molar-refractivity contribution is 6.04. The van der Waals surface area contributed by atoms with Crippen LogP contribution in [0.25, 0.3) is 0 Å². The number of halogens is 2. The van der Waals surface area contributed by atoms with Crippen LogP contribution in [0.1, 0.15) is 36.0 Å². The number of nitrogens with one attached hydrogen (secondary N) is 2. The van der Waals surface area contributed by atoms with Gasteiger partial charge in [-0.1, -0.05) is 42.5 Å². The molecular formula is C23H24F2N2O2. The second kappa shape index (κ2) is 11.0. The molecule has 29 heavy (non-hydrogen) atoms. The molecule has 0 aliphatic carbocycles. The fourth-order valence-electron chi connectivity index (χ4n) is 2.60. The smallest absolute Gasteiger partial charge is 0.258 e. The first-order valence-corrected chi connectivity index (χ1v) is 9.17. The van der Waals surface area contributed by atoms with Gasteiger partial charge in [0.05, 0.1) is 5.56 Å². The lowest BCUT2D eigenvalue weighted by molar-refractivity contribution is 0.102. The van der Waals surface area contributed by atoms with Crippen molar-refractivity contribution >= 4 is 11.6 Å². The molecular weight excluding hydrogens is 374 g/mol. The van der Waals surface area contributed by atoms with Gasteiger partial charge in [0.1, 0.15) is 17.9 Å². The van der Waals surface area contributed by atoms with Crippen LogP contribution in [0.15, 0.2) is 78.4 Å². The number of allylic oxidation sites excluding steroid dienone is 4. The standard InChI is InChI=1S/C23H24F2N2O2/c1-3-5-8-16(7-4-2)15-26-22(28)19-9-6-10-20(21(19)25)23(29)27-18-13-11-17(24)12-14-18/h3-14,22,26,28H,15H2,1-2H3,(H,27,29)/b5-3-,7-4-,16-8+. The normalized spacial score (nSPS) is 13.2. The number of amides is 1. The van der Waals surface area contributed by atoms with Crippen molar-refractivity contribution < 1.29 is 18.7 Å². The Morgan fingerprint density at radius 1 is 1.10 bits per heavy atom. The molecule has 6 heteroatoms. The first kappa shape index (κ1) is 22.2. The van der Waals surface area contributed by atoms with Crippen LogP contribution in [0, 0.1) is 11.6 Å². The average molecular weight is 398 g/mol. The molecule has 2 aromatic rings.